The zero-order valence-corrected chi connectivity index (χ0v) is 17.1. The number of nitrogens with two attached hydrogens (primary N) is 1. The SMILES string of the molecule is Cc1cnc(-c2ccc(F)cc2)cc1-c1[nH]ccc1C(=O)NC(CN)c1ccccc1. The maximum atomic E-state index is 13.3. The van der Waals surface area contributed by atoms with E-state index in [2.05, 4.69) is 15.3 Å². The summed E-state index contributed by atoms with van der Waals surface area (Å²) in [6, 6.07) is 19.2. The fourth-order valence-electron chi connectivity index (χ4n) is 3.55. The zero-order chi connectivity index (χ0) is 21.8. The number of H-pyrrole nitrogens is 1. The summed E-state index contributed by atoms with van der Waals surface area (Å²) in [5, 5.41) is 3.03. The van der Waals surface area contributed by atoms with Crippen LogP contribution in [0, 0.1) is 12.7 Å². The highest BCUT2D eigenvalue weighted by Gasteiger charge is 2.20. The molecule has 1 atom stereocenters. The lowest BCUT2D eigenvalue weighted by molar-refractivity contribution is 0.0938. The third kappa shape index (κ3) is 4.39. The predicted octanol–water partition coefficient (Wildman–Crippen LogP) is 4.62. The van der Waals surface area contributed by atoms with Crippen LogP contribution in [0.2, 0.25) is 0 Å². The molecule has 156 valence electrons. The number of aromatic amines is 1. The minimum atomic E-state index is -0.299. The Kier molecular flexibility index (Phi) is 5.91. The van der Waals surface area contributed by atoms with E-state index in [9.17, 15) is 9.18 Å². The van der Waals surface area contributed by atoms with Gasteiger partial charge in [0.15, 0.2) is 0 Å². The maximum Gasteiger partial charge on any atom is 0.253 e. The molecule has 2 heterocycles. The Morgan fingerprint density at radius 3 is 2.58 bits per heavy atom. The molecule has 0 fully saturated rings. The van der Waals surface area contributed by atoms with Crippen molar-refractivity contribution < 1.29 is 9.18 Å². The number of carbonyl (C=O) groups excluding carboxylic acids is 1. The number of carbonyl (C=O) groups is 1. The molecule has 6 heteroatoms. The van der Waals surface area contributed by atoms with Gasteiger partial charge in [-0.05, 0) is 54.4 Å². The van der Waals surface area contributed by atoms with E-state index in [1.165, 1.54) is 12.1 Å². The Labute approximate surface area is 180 Å². The van der Waals surface area contributed by atoms with E-state index in [0.29, 0.717) is 23.5 Å². The average Bonchev–Trinajstić information content (AvgIpc) is 3.29. The van der Waals surface area contributed by atoms with Crippen molar-refractivity contribution in [1.29, 1.82) is 0 Å². The largest absolute Gasteiger partial charge is 0.361 e. The van der Waals surface area contributed by atoms with Crippen LogP contribution in [0.4, 0.5) is 4.39 Å². The Hall–Kier alpha value is -3.77. The molecular weight excluding hydrogens is 391 g/mol. The highest BCUT2D eigenvalue weighted by atomic mass is 19.1. The Bertz CT molecular complexity index is 1190. The normalized spacial score (nSPS) is 11.8. The van der Waals surface area contributed by atoms with Crippen molar-refractivity contribution in [3.05, 3.63) is 102 Å². The van der Waals surface area contributed by atoms with Crippen molar-refractivity contribution >= 4 is 5.91 Å². The first kappa shape index (κ1) is 20.5. The third-order valence-corrected chi connectivity index (χ3v) is 5.25. The number of amides is 1. The molecule has 0 radical (unpaired) electrons. The predicted molar refractivity (Wildman–Crippen MR) is 120 cm³/mol. The Morgan fingerprint density at radius 1 is 1.13 bits per heavy atom. The van der Waals surface area contributed by atoms with E-state index in [0.717, 1.165) is 22.3 Å². The molecule has 4 rings (SSSR count). The molecule has 4 N–H and O–H groups in total. The summed E-state index contributed by atoms with van der Waals surface area (Å²) in [6.45, 7) is 2.23. The molecule has 5 nitrogen and oxygen atoms in total. The molecule has 2 aromatic heterocycles. The van der Waals surface area contributed by atoms with Crippen molar-refractivity contribution in [3.8, 4) is 22.5 Å². The average molecular weight is 414 g/mol. The lowest BCUT2D eigenvalue weighted by atomic mass is 10.0. The molecule has 0 saturated heterocycles. The van der Waals surface area contributed by atoms with Gasteiger partial charge in [0.1, 0.15) is 5.82 Å². The van der Waals surface area contributed by atoms with E-state index < -0.39 is 0 Å². The van der Waals surface area contributed by atoms with Crippen LogP contribution in [-0.2, 0) is 0 Å². The van der Waals surface area contributed by atoms with Crippen LogP contribution in [0.1, 0.15) is 27.5 Å². The van der Waals surface area contributed by atoms with Gasteiger partial charge in [-0.2, -0.15) is 0 Å². The first-order valence-corrected chi connectivity index (χ1v) is 10.0. The van der Waals surface area contributed by atoms with Gasteiger partial charge in [0.25, 0.3) is 5.91 Å². The van der Waals surface area contributed by atoms with Gasteiger partial charge in [-0.3, -0.25) is 9.78 Å². The molecule has 4 aromatic rings. The van der Waals surface area contributed by atoms with E-state index >= 15 is 0 Å². The summed E-state index contributed by atoms with van der Waals surface area (Å²) >= 11 is 0. The topological polar surface area (TPSA) is 83.8 Å². The van der Waals surface area contributed by atoms with Crippen LogP contribution in [-0.4, -0.2) is 22.4 Å². The summed E-state index contributed by atoms with van der Waals surface area (Å²) in [4.78, 5) is 20.8. The quantitative estimate of drug-likeness (QED) is 0.430. The molecule has 31 heavy (non-hydrogen) atoms. The first-order valence-electron chi connectivity index (χ1n) is 10.0. The summed E-state index contributed by atoms with van der Waals surface area (Å²) in [7, 11) is 0. The number of benzene rings is 2. The van der Waals surface area contributed by atoms with Gasteiger partial charge >= 0.3 is 0 Å². The number of nitrogens with one attached hydrogen (secondary N) is 2. The third-order valence-electron chi connectivity index (χ3n) is 5.25. The summed E-state index contributed by atoms with van der Waals surface area (Å²) in [5.74, 6) is -0.512. The van der Waals surface area contributed by atoms with Gasteiger partial charge < -0.3 is 16.0 Å². The smallest absolute Gasteiger partial charge is 0.253 e. The second kappa shape index (κ2) is 8.93. The van der Waals surface area contributed by atoms with Gasteiger partial charge in [-0.15, -0.1) is 0 Å². The van der Waals surface area contributed by atoms with Gasteiger partial charge in [0, 0.05) is 30.1 Å². The van der Waals surface area contributed by atoms with Crippen LogP contribution in [0.3, 0.4) is 0 Å². The van der Waals surface area contributed by atoms with Crippen LogP contribution < -0.4 is 11.1 Å². The van der Waals surface area contributed by atoms with Gasteiger partial charge in [0.05, 0.1) is 23.0 Å². The summed E-state index contributed by atoms with van der Waals surface area (Å²) in [6.07, 6.45) is 3.49. The fourth-order valence-corrected chi connectivity index (χ4v) is 3.55. The molecule has 1 unspecified atom stereocenters. The van der Waals surface area contributed by atoms with Crippen LogP contribution >= 0.6 is 0 Å². The Morgan fingerprint density at radius 2 is 1.87 bits per heavy atom. The monoisotopic (exact) mass is 414 g/mol. The Balaban J connectivity index is 1.65. The van der Waals surface area contributed by atoms with Gasteiger partial charge in [0.2, 0.25) is 0 Å². The van der Waals surface area contributed by atoms with E-state index in [1.807, 2.05) is 43.3 Å². The number of hydrogen-bond donors (Lipinski definition) is 3. The highest BCUT2D eigenvalue weighted by molar-refractivity contribution is 6.00. The number of hydrogen-bond acceptors (Lipinski definition) is 3. The van der Waals surface area contributed by atoms with Crippen LogP contribution in [0.25, 0.3) is 22.5 Å². The number of rotatable bonds is 6. The van der Waals surface area contributed by atoms with Crippen molar-refractivity contribution in [3.63, 3.8) is 0 Å². The molecule has 0 spiro atoms. The van der Waals surface area contributed by atoms with E-state index in [1.54, 1.807) is 30.6 Å². The number of aromatic nitrogens is 2. The first-order chi connectivity index (χ1) is 15.1. The lowest BCUT2D eigenvalue weighted by Gasteiger charge is -2.18. The molecule has 0 aliphatic rings. The van der Waals surface area contributed by atoms with Crippen molar-refractivity contribution in [1.82, 2.24) is 15.3 Å². The fraction of sp³-hybridized carbons (Fsp3) is 0.120. The standard InChI is InChI=1S/C25H23FN4O/c1-16-15-29-22(18-7-9-19(26)10-8-18)13-21(16)24-20(11-12-28-24)25(31)30-23(14-27)17-5-3-2-4-6-17/h2-13,15,23,28H,14,27H2,1H3,(H,30,31). The van der Waals surface area contributed by atoms with Crippen LogP contribution in [0.15, 0.2) is 79.1 Å². The molecule has 0 aliphatic carbocycles. The molecule has 0 saturated carbocycles. The number of aryl methyl sites for hydroxylation is 1. The summed E-state index contributed by atoms with van der Waals surface area (Å²) < 4.78 is 13.3. The second-order valence-electron chi connectivity index (χ2n) is 7.33. The van der Waals surface area contributed by atoms with Crippen LogP contribution in [0.5, 0.6) is 0 Å². The summed E-state index contributed by atoms with van der Waals surface area (Å²) in [5.41, 5.74) is 11.4. The van der Waals surface area contributed by atoms with Gasteiger partial charge in [-0.1, -0.05) is 30.3 Å². The number of halogens is 1. The van der Waals surface area contributed by atoms with Crippen molar-refractivity contribution in [2.24, 2.45) is 5.73 Å². The highest BCUT2D eigenvalue weighted by Crippen LogP contribution is 2.29. The lowest BCUT2D eigenvalue weighted by Crippen LogP contribution is -2.33. The molecule has 1 amide bonds. The molecule has 0 bridgehead atoms. The molecular formula is C25H23FN4O. The minimum absolute atomic E-state index is 0.213. The second-order valence-corrected chi connectivity index (χ2v) is 7.33. The molecule has 2 aromatic carbocycles. The van der Waals surface area contributed by atoms with Crippen molar-refractivity contribution in [2.75, 3.05) is 6.54 Å². The maximum absolute atomic E-state index is 13.3. The number of pyridine rings is 1. The van der Waals surface area contributed by atoms with E-state index in [4.69, 9.17) is 5.73 Å². The van der Waals surface area contributed by atoms with Gasteiger partial charge in [-0.25, -0.2) is 4.39 Å². The molecule has 0 aliphatic heterocycles. The zero-order valence-electron chi connectivity index (χ0n) is 17.1. The van der Waals surface area contributed by atoms with E-state index in [-0.39, 0.29) is 17.8 Å². The number of nitrogens with zero attached hydrogens (tertiary/aromatic N) is 1. The minimum Gasteiger partial charge on any atom is -0.361 e. The van der Waals surface area contributed by atoms with Crippen molar-refractivity contribution in [2.45, 2.75) is 13.0 Å².